The fourth-order valence-corrected chi connectivity index (χ4v) is 5.32. The van der Waals surface area contributed by atoms with Crippen LogP contribution in [0.5, 0.6) is 5.75 Å². The van der Waals surface area contributed by atoms with Crippen molar-refractivity contribution in [3.63, 3.8) is 0 Å². The van der Waals surface area contributed by atoms with E-state index >= 15 is 0 Å². The van der Waals surface area contributed by atoms with Gasteiger partial charge in [0.25, 0.3) is 5.91 Å². The van der Waals surface area contributed by atoms with Gasteiger partial charge in [-0.25, -0.2) is 0 Å². The highest BCUT2D eigenvalue weighted by atomic mass is 16.5. The van der Waals surface area contributed by atoms with E-state index in [1.807, 2.05) is 60.7 Å². The third-order valence-electron chi connectivity index (χ3n) is 7.49. The molecule has 3 amide bonds. The second-order valence-electron chi connectivity index (χ2n) is 10.7. The number of anilines is 1. The van der Waals surface area contributed by atoms with Crippen LogP contribution in [0.4, 0.5) is 5.69 Å². The van der Waals surface area contributed by atoms with Crippen LogP contribution in [0.1, 0.15) is 59.2 Å². The number of hydrogen-bond acceptors (Lipinski definition) is 5. The first kappa shape index (κ1) is 28.4. The molecule has 0 unspecified atom stereocenters. The van der Waals surface area contributed by atoms with Gasteiger partial charge in [-0.3, -0.25) is 19.3 Å². The summed E-state index contributed by atoms with van der Waals surface area (Å²) < 4.78 is 6.21. The standard InChI is InChI=1S/C33H38N4O4/c38-31-24-36(22-25-9-3-1-4-10-25)23-28-15-14-27(20-30(28)41-18-6-2-5-16-34-31)33(40)35-21-26-11-7-12-29(19-26)37-17-8-13-32(37)39/h1,3-4,7,9-12,14-15,19-20H,2,5-6,8,13,16-18,21-24H2,(H,34,38)(H,35,40). The van der Waals surface area contributed by atoms with Gasteiger partial charge in [-0.2, -0.15) is 0 Å². The van der Waals surface area contributed by atoms with Crippen molar-refractivity contribution < 1.29 is 19.1 Å². The maximum atomic E-state index is 13.2. The highest BCUT2D eigenvalue weighted by Gasteiger charge is 2.22. The minimum absolute atomic E-state index is 0.0109. The van der Waals surface area contributed by atoms with Gasteiger partial charge in [0.2, 0.25) is 11.8 Å². The predicted molar refractivity (Wildman–Crippen MR) is 159 cm³/mol. The van der Waals surface area contributed by atoms with Crippen molar-refractivity contribution in [2.24, 2.45) is 0 Å². The van der Waals surface area contributed by atoms with Crippen molar-refractivity contribution in [2.75, 3.05) is 31.1 Å². The van der Waals surface area contributed by atoms with Crippen LogP contribution in [0.3, 0.4) is 0 Å². The van der Waals surface area contributed by atoms with E-state index in [2.05, 4.69) is 27.7 Å². The first-order valence-electron chi connectivity index (χ1n) is 14.5. The quantitative estimate of drug-likeness (QED) is 0.471. The van der Waals surface area contributed by atoms with E-state index in [0.717, 1.165) is 54.6 Å². The number of nitrogens with one attached hydrogen (secondary N) is 2. The molecule has 214 valence electrons. The number of rotatable bonds is 6. The lowest BCUT2D eigenvalue weighted by Gasteiger charge is -2.23. The molecule has 8 heteroatoms. The Bertz CT molecular complexity index is 1360. The largest absolute Gasteiger partial charge is 0.493 e. The van der Waals surface area contributed by atoms with E-state index < -0.39 is 0 Å². The SMILES string of the molecule is O=C1CN(Cc2ccccc2)Cc2ccc(C(=O)NCc3cccc(N4CCCC4=O)c3)cc2OCCCCCN1. The molecule has 0 atom stereocenters. The summed E-state index contributed by atoms with van der Waals surface area (Å²) in [7, 11) is 0. The number of amides is 3. The minimum atomic E-state index is -0.192. The third kappa shape index (κ3) is 7.95. The van der Waals surface area contributed by atoms with Crippen LogP contribution >= 0.6 is 0 Å². The molecule has 2 aliphatic rings. The Hall–Kier alpha value is -4.17. The van der Waals surface area contributed by atoms with Gasteiger partial charge in [-0.05, 0) is 61.1 Å². The van der Waals surface area contributed by atoms with Crippen LogP contribution < -0.4 is 20.3 Å². The number of nitrogens with zero attached hydrogens (tertiary/aromatic N) is 2. The zero-order valence-corrected chi connectivity index (χ0v) is 23.4. The molecular weight excluding hydrogens is 516 g/mol. The van der Waals surface area contributed by atoms with Crippen molar-refractivity contribution in [2.45, 2.75) is 51.7 Å². The summed E-state index contributed by atoms with van der Waals surface area (Å²) in [6.45, 7) is 3.71. The number of hydrogen-bond donors (Lipinski definition) is 2. The van der Waals surface area contributed by atoms with Crippen LogP contribution in [0, 0.1) is 0 Å². The first-order valence-corrected chi connectivity index (χ1v) is 14.5. The Morgan fingerprint density at radius 3 is 2.56 bits per heavy atom. The van der Waals surface area contributed by atoms with Crippen molar-refractivity contribution in [3.8, 4) is 5.75 Å². The molecule has 0 spiro atoms. The summed E-state index contributed by atoms with van der Waals surface area (Å²) >= 11 is 0. The average molecular weight is 555 g/mol. The topological polar surface area (TPSA) is 91.0 Å². The van der Waals surface area contributed by atoms with Crippen molar-refractivity contribution in [3.05, 3.63) is 95.1 Å². The van der Waals surface area contributed by atoms with Gasteiger partial charge in [0, 0.05) is 56.0 Å². The second-order valence-corrected chi connectivity index (χ2v) is 10.7. The predicted octanol–water partition coefficient (Wildman–Crippen LogP) is 4.42. The number of benzene rings is 3. The van der Waals surface area contributed by atoms with Gasteiger partial charge in [0.05, 0.1) is 13.2 Å². The molecule has 0 bridgehead atoms. The summed E-state index contributed by atoms with van der Waals surface area (Å²) in [5, 5.41) is 6.05. The highest BCUT2D eigenvalue weighted by molar-refractivity contribution is 5.96. The summed E-state index contributed by atoms with van der Waals surface area (Å²) in [6.07, 6.45) is 4.17. The second kappa shape index (κ2) is 13.9. The molecule has 0 aliphatic carbocycles. The smallest absolute Gasteiger partial charge is 0.251 e. The molecule has 0 saturated carbocycles. The van der Waals surface area contributed by atoms with Gasteiger partial charge < -0.3 is 20.3 Å². The van der Waals surface area contributed by atoms with Crippen molar-refractivity contribution in [1.29, 1.82) is 0 Å². The Morgan fingerprint density at radius 2 is 1.73 bits per heavy atom. The summed E-state index contributed by atoms with van der Waals surface area (Å²) in [4.78, 5) is 41.9. The molecule has 3 aromatic rings. The molecule has 2 heterocycles. The summed E-state index contributed by atoms with van der Waals surface area (Å²) in [5.41, 5.74) is 4.39. The zero-order valence-electron chi connectivity index (χ0n) is 23.4. The lowest BCUT2D eigenvalue weighted by Crippen LogP contribution is -2.37. The molecule has 8 nitrogen and oxygen atoms in total. The maximum absolute atomic E-state index is 13.2. The molecule has 1 fully saturated rings. The number of ether oxygens (including phenoxy) is 1. The van der Waals surface area contributed by atoms with Gasteiger partial charge in [0.15, 0.2) is 0 Å². The number of carbonyl (C=O) groups is 3. The highest BCUT2D eigenvalue weighted by Crippen LogP contribution is 2.25. The van der Waals surface area contributed by atoms with Gasteiger partial charge >= 0.3 is 0 Å². The molecule has 1 saturated heterocycles. The van der Waals surface area contributed by atoms with Crippen LogP contribution in [0.25, 0.3) is 0 Å². The average Bonchev–Trinajstić information content (AvgIpc) is 3.42. The Kier molecular flexibility index (Phi) is 9.65. The van der Waals surface area contributed by atoms with E-state index in [9.17, 15) is 14.4 Å². The number of carbonyl (C=O) groups excluding carboxylic acids is 3. The maximum Gasteiger partial charge on any atom is 0.251 e. The van der Waals surface area contributed by atoms with Crippen LogP contribution in [0.15, 0.2) is 72.8 Å². The van der Waals surface area contributed by atoms with Crippen molar-refractivity contribution >= 4 is 23.4 Å². The molecule has 0 radical (unpaired) electrons. The molecule has 5 rings (SSSR count). The Morgan fingerprint density at radius 1 is 0.878 bits per heavy atom. The van der Waals surface area contributed by atoms with E-state index in [-0.39, 0.29) is 24.3 Å². The van der Waals surface area contributed by atoms with Crippen LogP contribution in [-0.2, 0) is 29.2 Å². The lowest BCUT2D eigenvalue weighted by atomic mass is 10.1. The molecule has 2 N–H and O–H groups in total. The van der Waals surface area contributed by atoms with Gasteiger partial charge in [-0.1, -0.05) is 48.5 Å². The van der Waals surface area contributed by atoms with Crippen LogP contribution in [-0.4, -0.2) is 48.9 Å². The van der Waals surface area contributed by atoms with E-state index in [1.165, 1.54) is 0 Å². The summed E-state index contributed by atoms with van der Waals surface area (Å²) in [6, 6.07) is 23.4. The monoisotopic (exact) mass is 554 g/mol. The lowest BCUT2D eigenvalue weighted by molar-refractivity contribution is -0.122. The van der Waals surface area contributed by atoms with Crippen molar-refractivity contribution in [1.82, 2.24) is 15.5 Å². The fourth-order valence-electron chi connectivity index (χ4n) is 5.32. The van der Waals surface area contributed by atoms with Gasteiger partial charge in [-0.15, -0.1) is 0 Å². The molecule has 0 aromatic heterocycles. The first-order chi connectivity index (χ1) is 20.0. The third-order valence-corrected chi connectivity index (χ3v) is 7.49. The van der Waals surface area contributed by atoms with Crippen LogP contribution in [0.2, 0.25) is 0 Å². The number of fused-ring (bicyclic) bond motifs is 1. The molecule has 3 aromatic carbocycles. The van der Waals surface area contributed by atoms with E-state index in [0.29, 0.717) is 50.5 Å². The van der Waals surface area contributed by atoms with E-state index in [4.69, 9.17) is 4.74 Å². The molecular formula is C33H38N4O4. The zero-order chi connectivity index (χ0) is 28.4. The Labute approximate surface area is 241 Å². The normalized spacial score (nSPS) is 16.9. The molecule has 2 aliphatic heterocycles. The fraction of sp³-hybridized carbons (Fsp3) is 0.364. The Balaban J connectivity index is 1.30. The van der Waals surface area contributed by atoms with Gasteiger partial charge in [0.1, 0.15) is 5.75 Å². The van der Waals surface area contributed by atoms with E-state index in [1.54, 1.807) is 4.90 Å². The minimum Gasteiger partial charge on any atom is -0.493 e. The molecule has 41 heavy (non-hydrogen) atoms. The summed E-state index contributed by atoms with van der Waals surface area (Å²) in [5.74, 6) is 0.632.